The molecule has 4 nitrogen and oxygen atoms in total. The Kier molecular flexibility index (Phi) is 8.64. The van der Waals surface area contributed by atoms with Gasteiger partial charge in [0.15, 0.2) is 0 Å². The fraction of sp³-hybridized carbons (Fsp3) is 0.333. The first kappa shape index (κ1) is 20.1. The Morgan fingerprint density at radius 3 is 2.80 bits per heavy atom. The van der Waals surface area contributed by atoms with Gasteiger partial charge in [0.2, 0.25) is 0 Å². The van der Waals surface area contributed by atoms with Crippen molar-refractivity contribution in [1.82, 2.24) is 5.32 Å². The molecule has 0 spiro atoms. The van der Waals surface area contributed by atoms with Crippen LogP contribution in [-0.4, -0.2) is 31.5 Å². The smallest absolute Gasteiger partial charge is 0.131 e. The highest BCUT2D eigenvalue weighted by molar-refractivity contribution is 9.10. The zero-order valence-corrected chi connectivity index (χ0v) is 15.9. The molecular weight excluding hydrogens is 413 g/mol. The summed E-state index contributed by atoms with van der Waals surface area (Å²) in [5, 5.41) is 12.2. The van der Waals surface area contributed by atoms with Crippen molar-refractivity contribution in [2.24, 2.45) is 0 Å². The van der Waals surface area contributed by atoms with Gasteiger partial charge in [0.1, 0.15) is 18.2 Å². The fourth-order valence-electron chi connectivity index (χ4n) is 2.18. The molecule has 25 heavy (non-hydrogen) atoms. The largest absolute Gasteiger partial charge is 0.488 e. The van der Waals surface area contributed by atoms with E-state index in [9.17, 15) is 4.39 Å². The van der Waals surface area contributed by atoms with Crippen molar-refractivity contribution >= 4 is 27.5 Å². The van der Waals surface area contributed by atoms with Crippen LogP contribution in [0.15, 0.2) is 40.9 Å². The van der Waals surface area contributed by atoms with E-state index in [1.54, 1.807) is 12.1 Å². The third kappa shape index (κ3) is 6.56. The molecule has 2 aromatic rings. The summed E-state index contributed by atoms with van der Waals surface area (Å²) in [7, 11) is 0. The summed E-state index contributed by atoms with van der Waals surface area (Å²) in [6.07, 6.45) is 0. The molecule has 0 aliphatic rings. The van der Waals surface area contributed by atoms with Gasteiger partial charge in [0.25, 0.3) is 0 Å². The molecule has 2 rings (SSSR count). The molecule has 0 aromatic heterocycles. The van der Waals surface area contributed by atoms with Gasteiger partial charge in [-0.3, -0.25) is 0 Å². The van der Waals surface area contributed by atoms with Gasteiger partial charge in [0, 0.05) is 28.7 Å². The standard InChI is InChI=1S/C18H20BrClFNO3/c19-14-4-5-18(13(10-14)11-22-6-8-24-9-7-23)25-12-15-16(20)2-1-3-17(15)21/h1-5,10,22-23H,6-9,11-12H2. The van der Waals surface area contributed by atoms with Crippen LogP contribution in [0.25, 0.3) is 0 Å². The highest BCUT2D eigenvalue weighted by Gasteiger charge is 2.10. The van der Waals surface area contributed by atoms with E-state index in [0.717, 1.165) is 10.0 Å². The molecule has 0 unspecified atom stereocenters. The molecule has 0 fully saturated rings. The molecule has 7 heteroatoms. The Morgan fingerprint density at radius 2 is 2.04 bits per heavy atom. The predicted molar refractivity (Wildman–Crippen MR) is 99.5 cm³/mol. The Bertz CT molecular complexity index is 667. The SMILES string of the molecule is OCCOCCNCc1cc(Br)ccc1OCc1c(F)cccc1Cl. The van der Waals surface area contributed by atoms with Gasteiger partial charge in [-0.15, -0.1) is 0 Å². The lowest BCUT2D eigenvalue weighted by Gasteiger charge is -2.14. The molecule has 0 amide bonds. The van der Waals surface area contributed by atoms with Crippen LogP contribution < -0.4 is 10.1 Å². The van der Waals surface area contributed by atoms with Crippen molar-refractivity contribution < 1.29 is 19.0 Å². The van der Waals surface area contributed by atoms with E-state index in [1.165, 1.54) is 6.07 Å². The van der Waals surface area contributed by atoms with Crippen LogP contribution in [0.5, 0.6) is 5.75 Å². The Hall–Kier alpha value is -1.18. The maximum Gasteiger partial charge on any atom is 0.131 e. The maximum absolute atomic E-state index is 13.9. The Morgan fingerprint density at radius 1 is 1.20 bits per heavy atom. The molecule has 0 bridgehead atoms. The van der Waals surface area contributed by atoms with E-state index in [0.29, 0.717) is 42.6 Å². The Balaban J connectivity index is 1.96. The van der Waals surface area contributed by atoms with Crippen molar-refractivity contribution in [3.63, 3.8) is 0 Å². The summed E-state index contributed by atoms with van der Waals surface area (Å²) < 4.78 is 25.8. The average Bonchev–Trinajstić information content (AvgIpc) is 2.59. The van der Waals surface area contributed by atoms with Crippen LogP contribution >= 0.6 is 27.5 Å². The van der Waals surface area contributed by atoms with Gasteiger partial charge < -0.3 is 19.9 Å². The number of hydrogen-bond donors (Lipinski definition) is 2. The zero-order chi connectivity index (χ0) is 18.1. The topological polar surface area (TPSA) is 50.7 Å². The molecule has 0 atom stereocenters. The van der Waals surface area contributed by atoms with Crippen molar-refractivity contribution in [3.8, 4) is 5.75 Å². The molecule has 0 radical (unpaired) electrons. The average molecular weight is 433 g/mol. The van der Waals surface area contributed by atoms with Crippen molar-refractivity contribution in [2.75, 3.05) is 26.4 Å². The summed E-state index contributed by atoms with van der Waals surface area (Å²) in [6.45, 7) is 2.13. The minimum atomic E-state index is -0.384. The van der Waals surface area contributed by atoms with E-state index in [-0.39, 0.29) is 19.0 Å². The van der Waals surface area contributed by atoms with Gasteiger partial charge in [0.05, 0.1) is 24.8 Å². The Labute approximate surface area is 160 Å². The molecule has 0 aliphatic heterocycles. The third-order valence-electron chi connectivity index (χ3n) is 3.43. The maximum atomic E-state index is 13.9. The predicted octanol–water partition coefficient (Wildman–Crippen LogP) is 3.92. The summed E-state index contributed by atoms with van der Waals surface area (Å²) in [5.74, 6) is 0.275. The lowest BCUT2D eigenvalue weighted by Crippen LogP contribution is -2.20. The second-order valence-electron chi connectivity index (χ2n) is 5.25. The van der Waals surface area contributed by atoms with E-state index < -0.39 is 0 Å². The summed E-state index contributed by atoms with van der Waals surface area (Å²) in [4.78, 5) is 0. The second kappa shape index (κ2) is 10.7. The van der Waals surface area contributed by atoms with Gasteiger partial charge in [-0.2, -0.15) is 0 Å². The number of ether oxygens (including phenoxy) is 2. The minimum absolute atomic E-state index is 0.0161. The monoisotopic (exact) mass is 431 g/mol. The van der Waals surface area contributed by atoms with Crippen molar-refractivity contribution in [1.29, 1.82) is 0 Å². The number of hydrogen-bond acceptors (Lipinski definition) is 4. The van der Waals surface area contributed by atoms with Gasteiger partial charge >= 0.3 is 0 Å². The number of benzene rings is 2. The second-order valence-corrected chi connectivity index (χ2v) is 6.58. The number of nitrogens with one attached hydrogen (secondary N) is 1. The summed E-state index contributed by atoms with van der Waals surface area (Å²) >= 11 is 9.48. The van der Waals surface area contributed by atoms with Gasteiger partial charge in [-0.1, -0.05) is 33.6 Å². The molecule has 136 valence electrons. The van der Waals surface area contributed by atoms with Crippen LogP contribution in [0.4, 0.5) is 4.39 Å². The number of rotatable bonds is 10. The quantitative estimate of drug-likeness (QED) is 0.559. The molecule has 2 N–H and O–H groups in total. The van der Waals surface area contributed by atoms with Crippen LogP contribution in [0.1, 0.15) is 11.1 Å². The third-order valence-corrected chi connectivity index (χ3v) is 4.28. The lowest BCUT2D eigenvalue weighted by molar-refractivity contribution is 0.0937. The summed E-state index contributed by atoms with van der Waals surface area (Å²) in [5.41, 5.74) is 1.27. The normalized spacial score (nSPS) is 10.9. The van der Waals surface area contributed by atoms with E-state index in [2.05, 4.69) is 21.2 Å². The number of aliphatic hydroxyl groups excluding tert-OH is 1. The van der Waals surface area contributed by atoms with Crippen molar-refractivity contribution in [2.45, 2.75) is 13.2 Å². The number of halogens is 3. The molecule has 0 aliphatic carbocycles. The van der Waals surface area contributed by atoms with Crippen LogP contribution in [0.2, 0.25) is 5.02 Å². The van der Waals surface area contributed by atoms with E-state index in [1.807, 2.05) is 18.2 Å². The lowest BCUT2D eigenvalue weighted by atomic mass is 10.2. The first-order chi connectivity index (χ1) is 12.1. The first-order valence-corrected chi connectivity index (χ1v) is 9.02. The number of aliphatic hydroxyl groups is 1. The van der Waals surface area contributed by atoms with Gasteiger partial charge in [-0.05, 0) is 30.3 Å². The first-order valence-electron chi connectivity index (χ1n) is 7.85. The van der Waals surface area contributed by atoms with Crippen LogP contribution in [0.3, 0.4) is 0 Å². The molecule has 0 saturated heterocycles. The minimum Gasteiger partial charge on any atom is -0.488 e. The van der Waals surface area contributed by atoms with Gasteiger partial charge in [-0.25, -0.2) is 4.39 Å². The van der Waals surface area contributed by atoms with E-state index in [4.69, 9.17) is 26.2 Å². The van der Waals surface area contributed by atoms with Crippen LogP contribution in [0, 0.1) is 5.82 Å². The molecule has 0 saturated carbocycles. The molecular formula is C18H20BrClFNO3. The highest BCUT2D eigenvalue weighted by Crippen LogP contribution is 2.26. The van der Waals surface area contributed by atoms with Crippen LogP contribution in [-0.2, 0) is 17.9 Å². The zero-order valence-electron chi connectivity index (χ0n) is 13.6. The molecule has 0 heterocycles. The highest BCUT2D eigenvalue weighted by atomic mass is 79.9. The molecule has 2 aromatic carbocycles. The summed E-state index contributed by atoms with van der Waals surface area (Å²) in [6, 6.07) is 10.2. The van der Waals surface area contributed by atoms with Crippen molar-refractivity contribution in [3.05, 3.63) is 62.8 Å². The van der Waals surface area contributed by atoms with E-state index >= 15 is 0 Å². The fourth-order valence-corrected chi connectivity index (χ4v) is 2.81.